The Hall–Kier alpha value is -3.35. The number of ether oxygens (including phenoxy) is 2. The van der Waals surface area contributed by atoms with Crippen molar-refractivity contribution < 1.29 is 19.1 Å². The molecule has 0 spiro atoms. The first kappa shape index (κ1) is 21.9. The molecule has 2 aromatic carbocycles. The maximum Gasteiger partial charge on any atom is 0.271 e. The molecule has 0 aromatic heterocycles. The summed E-state index contributed by atoms with van der Waals surface area (Å²) < 4.78 is 10.4. The van der Waals surface area contributed by atoms with Crippen LogP contribution in [0.25, 0.3) is 0 Å². The van der Waals surface area contributed by atoms with Crippen LogP contribution in [-0.4, -0.2) is 32.2 Å². The van der Waals surface area contributed by atoms with Crippen molar-refractivity contribution in [3.8, 4) is 11.5 Å². The SMILES string of the molecule is CCCCCC(=O)Nc1ccc(C(=O)NN=Cc2ccc(OC)cc2OC)cc1. The predicted octanol–water partition coefficient (Wildman–Crippen LogP) is 3.99. The summed E-state index contributed by atoms with van der Waals surface area (Å²) in [5, 5.41) is 6.81. The second-order valence-electron chi connectivity index (χ2n) is 6.39. The van der Waals surface area contributed by atoms with Gasteiger partial charge in [0.15, 0.2) is 0 Å². The number of carbonyl (C=O) groups is 2. The van der Waals surface area contributed by atoms with Crippen LogP contribution in [-0.2, 0) is 4.79 Å². The van der Waals surface area contributed by atoms with Crippen molar-refractivity contribution in [1.29, 1.82) is 0 Å². The van der Waals surface area contributed by atoms with E-state index in [0.29, 0.717) is 34.7 Å². The van der Waals surface area contributed by atoms with E-state index in [1.54, 1.807) is 56.7 Å². The molecule has 2 aromatic rings. The lowest BCUT2D eigenvalue weighted by molar-refractivity contribution is -0.116. The van der Waals surface area contributed by atoms with Gasteiger partial charge in [-0.05, 0) is 42.8 Å². The molecule has 0 fully saturated rings. The van der Waals surface area contributed by atoms with Gasteiger partial charge in [0.2, 0.25) is 5.91 Å². The van der Waals surface area contributed by atoms with E-state index in [0.717, 1.165) is 19.3 Å². The molecule has 0 aliphatic rings. The number of hydrogen-bond donors (Lipinski definition) is 2. The lowest BCUT2D eigenvalue weighted by atomic mass is 10.1. The minimum atomic E-state index is -0.352. The van der Waals surface area contributed by atoms with E-state index in [1.165, 1.54) is 6.21 Å². The fraction of sp³-hybridized carbons (Fsp3) is 0.318. The van der Waals surface area contributed by atoms with Gasteiger partial charge in [0.1, 0.15) is 11.5 Å². The van der Waals surface area contributed by atoms with E-state index in [4.69, 9.17) is 9.47 Å². The van der Waals surface area contributed by atoms with E-state index >= 15 is 0 Å². The van der Waals surface area contributed by atoms with Crippen LogP contribution in [0, 0.1) is 0 Å². The van der Waals surface area contributed by atoms with Gasteiger partial charge < -0.3 is 14.8 Å². The van der Waals surface area contributed by atoms with Crippen LogP contribution >= 0.6 is 0 Å². The highest BCUT2D eigenvalue weighted by atomic mass is 16.5. The molecule has 29 heavy (non-hydrogen) atoms. The molecule has 0 heterocycles. The highest BCUT2D eigenvalue weighted by molar-refractivity contribution is 5.96. The standard InChI is InChI=1S/C22H27N3O4/c1-4-5-6-7-21(26)24-18-11-8-16(9-12-18)22(27)25-23-15-17-10-13-19(28-2)14-20(17)29-3/h8-15H,4-7H2,1-3H3,(H,24,26)(H,25,27). The van der Waals surface area contributed by atoms with Crippen LogP contribution < -0.4 is 20.2 Å². The van der Waals surface area contributed by atoms with Gasteiger partial charge in [-0.1, -0.05) is 19.8 Å². The number of anilines is 1. The van der Waals surface area contributed by atoms with Crippen molar-refractivity contribution in [3.05, 3.63) is 53.6 Å². The number of nitrogens with one attached hydrogen (secondary N) is 2. The average Bonchev–Trinajstić information content (AvgIpc) is 2.74. The summed E-state index contributed by atoms with van der Waals surface area (Å²) in [6.45, 7) is 2.10. The smallest absolute Gasteiger partial charge is 0.271 e. The third-order valence-corrected chi connectivity index (χ3v) is 4.25. The average molecular weight is 397 g/mol. The molecule has 2 N–H and O–H groups in total. The second-order valence-corrected chi connectivity index (χ2v) is 6.39. The first-order valence-electron chi connectivity index (χ1n) is 9.52. The van der Waals surface area contributed by atoms with E-state index in [-0.39, 0.29) is 11.8 Å². The second kappa shape index (κ2) is 11.5. The minimum Gasteiger partial charge on any atom is -0.497 e. The summed E-state index contributed by atoms with van der Waals surface area (Å²) in [5.41, 5.74) is 4.28. The highest BCUT2D eigenvalue weighted by Crippen LogP contribution is 2.23. The Morgan fingerprint density at radius 2 is 1.79 bits per heavy atom. The minimum absolute atomic E-state index is 0.0197. The van der Waals surface area contributed by atoms with Crippen molar-refractivity contribution in [3.63, 3.8) is 0 Å². The normalized spacial score (nSPS) is 10.6. The van der Waals surface area contributed by atoms with Crippen LogP contribution in [0.1, 0.15) is 48.5 Å². The van der Waals surface area contributed by atoms with Gasteiger partial charge in [-0.15, -0.1) is 0 Å². The molecule has 2 rings (SSSR count). The number of methoxy groups -OCH3 is 2. The molecule has 154 valence electrons. The van der Waals surface area contributed by atoms with Crippen molar-refractivity contribution in [1.82, 2.24) is 5.43 Å². The van der Waals surface area contributed by atoms with Gasteiger partial charge in [0.05, 0.1) is 20.4 Å². The molecule has 2 amide bonds. The summed E-state index contributed by atoms with van der Waals surface area (Å²) in [4.78, 5) is 24.1. The number of amides is 2. The molecule has 0 aliphatic carbocycles. The largest absolute Gasteiger partial charge is 0.497 e. The summed E-state index contributed by atoms with van der Waals surface area (Å²) in [7, 11) is 3.13. The van der Waals surface area contributed by atoms with Crippen molar-refractivity contribution >= 4 is 23.7 Å². The van der Waals surface area contributed by atoms with Gasteiger partial charge in [-0.3, -0.25) is 9.59 Å². The van der Waals surface area contributed by atoms with Crippen molar-refractivity contribution in [2.75, 3.05) is 19.5 Å². The molecule has 0 bridgehead atoms. The molecule has 0 aliphatic heterocycles. The molecule has 0 radical (unpaired) electrons. The Kier molecular flexibility index (Phi) is 8.69. The lowest BCUT2D eigenvalue weighted by Crippen LogP contribution is -2.18. The van der Waals surface area contributed by atoms with Gasteiger partial charge in [-0.2, -0.15) is 5.10 Å². The number of carbonyl (C=O) groups excluding carboxylic acids is 2. The van der Waals surface area contributed by atoms with Crippen LogP contribution in [0.4, 0.5) is 5.69 Å². The molecule has 7 heteroatoms. The third-order valence-electron chi connectivity index (χ3n) is 4.25. The zero-order chi connectivity index (χ0) is 21.1. The van der Waals surface area contributed by atoms with Gasteiger partial charge in [-0.25, -0.2) is 5.43 Å². The predicted molar refractivity (Wildman–Crippen MR) is 114 cm³/mol. The van der Waals surface area contributed by atoms with Crippen molar-refractivity contribution in [2.24, 2.45) is 5.10 Å². The first-order chi connectivity index (χ1) is 14.1. The Balaban J connectivity index is 1.91. The maximum atomic E-state index is 12.2. The number of unbranched alkanes of at least 4 members (excludes halogenated alkanes) is 2. The summed E-state index contributed by atoms with van der Waals surface area (Å²) >= 11 is 0. The Labute approximate surface area is 171 Å². The molecular weight excluding hydrogens is 370 g/mol. The number of hydrogen-bond acceptors (Lipinski definition) is 5. The number of benzene rings is 2. The Morgan fingerprint density at radius 1 is 1.03 bits per heavy atom. The fourth-order valence-corrected chi connectivity index (χ4v) is 2.61. The highest BCUT2D eigenvalue weighted by Gasteiger charge is 2.07. The Morgan fingerprint density at radius 3 is 2.45 bits per heavy atom. The summed E-state index contributed by atoms with van der Waals surface area (Å²) in [5.74, 6) is 0.880. The topological polar surface area (TPSA) is 89.0 Å². The molecule has 7 nitrogen and oxygen atoms in total. The van der Waals surface area contributed by atoms with Crippen LogP contribution in [0.15, 0.2) is 47.6 Å². The van der Waals surface area contributed by atoms with E-state index in [1.807, 2.05) is 0 Å². The lowest BCUT2D eigenvalue weighted by Gasteiger charge is -2.07. The van der Waals surface area contributed by atoms with Gasteiger partial charge in [0.25, 0.3) is 5.91 Å². The van der Waals surface area contributed by atoms with E-state index in [2.05, 4.69) is 22.8 Å². The van der Waals surface area contributed by atoms with Gasteiger partial charge in [0, 0.05) is 29.3 Å². The maximum absolute atomic E-state index is 12.2. The molecule has 0 saturated carbocycles. The number of hydrazone groups is 1. The van der Waals surface area contributed by atoms with Gasteiger partial charge >= 0.3 is 0 Å². The zero-order valence-electron chi connectivity index (χ0n) is 17.0. The number of nitrogens with zero attached hydrogens (tertiary/aromatic N) is 1. The molecular formula is C22H27N3O4. The third kappa shape index (κ3) is 6.95. The van der Waals surface area contributed by atoms with Crippen LogP contribution in [0.2, 0.25) is 0 Å². The van der Waals surface area contributed by atoms with Crippen LogP contribution in [0.5, 0.6) is 11.5 Å². The zero-order valence-corrected chi connectivity index (χ0v) is 17.0. The van der Waals surface area contributed by atoms with E-state index in [9.17, 15) is 9.59 Å². The van der Waals surface area contributed by atoms with Crippen LogP contribution in [0.3, 0.4) is 0 Å². The molecule has 0 saturated heterocycles. The van der Waals surface area contributed by atoms with E-state index < -0.39 is 0 Å². The summed E-state index contributed by atoms with van der Waals surface area (Å²) in [6.07, 6.45) is 4.99. The number of rotatable bonds is 10. The Bertz CT molecular complexity index is 848. The van der Waals surface area contributed by atoms with Crippen molar-refractivity contribution in [2.45, 2.75) is 32.6 Å². The summed E-state index contributed by atoms with van der Waals surface area (Å²) in [6, 6.07) is 12.0. The molecule has 0 unspecified atom stereocenters. The monoisotopic (exact) mass is 397 g/mol. The molecule has 0 atom stereocenters. The fourth-order valence-electron chi connectivity index (χ4n) is 2.61. The quantitative estimate of drug-likeness (QED) is 0.360. The first-order valence-corrected chi connectivity index (χ1v) is 9.52.